The lowest BCUT2D eigenvalue weighted by Crippen LogP contribution is -2.33. The Morgan fingerprint density at radius 1 is 0.857 bits per heavy atom. The van der Waals surface area contributed by atoms with Crippen molar-refractivity contribution in [3.05, 3.63) is 29.3 Å². The van der Waals surface area contributed by atoms with Gasteiger partial charge in [-0.15, -0.1) is 0 Å². The van der Waals surface area contributed by atoms with Crippen LogP contribution in [0.15, 0.2) is 23.2 Å². The van der Waals surface area contributed by atoms with Crippen LogP contribution >= 0.6 is 0 Å². The number of hydrogen-bond acceptors (Lipinski definition) is 2. The van der Waals surface area contributed by atoms with Gasteiger partial charge in [-0.2, -0.15) is 0 Å². The normalized spacial score (nSPS) is 31.9. The van der Waals surface area contributed by atoms with Crippen LogP contribution in [0.3, 0.4) is 0 Å². The summed E-state index contributed by atoms with van der Waals surface area (Å²) in [6.07, 6.45) is 7.38. The molecule has 28 heavy (non-hydrogen) atoms. The lowest BCUT2D eigenvalue weighted by molar-refractivity contribution is -0.118. The Bertz CT molecular complexity index is 803. The Labute approximate surface area is 171 Å². The molecule has 4 atom stereocenters. The average Bonchev–Trinajstić information content (AvgIpc) is 2.88. The van der Waals surface area contributed by atoms with Crippen molar-refractivity contribution in [3.63, 3.8) is 0 Å². The van der Waals surface area contributed by atoms with Crippen molar-refractivity contribution in [1.29, 1.82) is 0 Å². The van der Waals surface area contributed by atoms with Crippen LogP contribution < -0.4 is 0 Å². The molecule has 3 aliphatic rings. The fourth-order valence-corrected chi connectivity index (χ4v) is 6.04. The second-order valence-corrected chi connectivity index (χ2v) is 11.5. The first kappa shape index (κ1) is 19.9. The maximum absolute atomic E-state index is 13.4. The van der Waals surface area contributed by atoms with Crippen LogP contribution in [0.5, 0.6) is 0 Å². The van der Waals surface area contributed by atoms with E-state index in [1.807, 2.05) is 0 Å². The topological polar surface area (TPSA) is 29.4 Å². The second-order valence-electron chi connectivity index (χ2n) is 11.5. The summed E-state index contributed by atoms with van der Waals surface area (Å²) in [5.41, 5.74) is 4.59. The number of benzene rings is 1. The van der Waals surface area contributed by atoms with Gasteiger partial charge < -0.3 is 0 Å². The Morgan fingerprint density at radius 3 is 2.11 bits per heavy atom. The van der Waals surface area contributed by atoms with Crippen molar-refractivity contribution >= 4 is 17.2 Å². The third-order valence-corrected chi connectivity index (χ3v) is 7.51. The number of carbonyl (C=O) groups is 1. The van der Waals surface area contributed by atoms with Crippen molar-refractivity contribution in [2.45, 2.75) is 90.9 Å². The molecule has 2 heteroatoms. The molecule has 0 amide bonds. The maximum atomic E-state index is 13.4. The maximum Gasteiger partial charge on any atom is 0.180 e. The summed E-state index contributed by atoms with van der Waals surface area (Å²) < 4.78 is 0. The van der Waals surface area contributed by atoms with Gasteiger partial charge in [0.05, 0.1) is 11.4 Å². The van der Waals surface area contributed by atoms with Crippen LogP contribution in [0.1, 0.15) is 91.2 Å². The van der Waals surface area contributed by atoms with Crippen LogP contribution in [0, 0.1) is 23.7 Å². The van der Waals surface area contributed by atoms with Gasteiger partial charge in [0.25, 0.3) is 0 Å². The van der Waals surface area contributed by atoms with Crippen LogP contribution in [0.25, 0.3) is 0 Å². The van der Waals surface area contributed by atoms with Crippen molar-refractivity contribution in [1.82, 2.24) is 0 Å². The minimum absolute atomic E-state index is 0.0132. The average molecular weight is 380 g/mol. The van der Waals surface area contributed by atoms with Crippen LogP contribution in [0.4, 0.5) is 5.69 Å². The molecule has 0 aromatic heterocycles. The monoisotopic (exact) mass is 379 g/mol. The number of nitrogens with zero attached hydrogens (tertiary/aromatic N) is 1. The van der Waals surface area contributed by atoms with Gasteiger partial charge in [0.15, 0.2) is 5.78 Å². The number of hydrogen-bond donors (Lipinski definition) is 0. The van der Waals surface area contributed by atoms with Gasteiger partial charge in [0.2, 0.25) is 0 Å². The van der Waals surface area contributed by atoms with Gasteiger partial charge in [-0.05, 0) is 52.7 Å². The molecule has 0 heterocycles. The number of rotatable bonds is 1. The summed E-state index contributed by atoms with van der Waals surface area (Å²) in [5.74, 6) is 2.38. The minimum atomic E-state index is 0.0132. The zero-order valence-corrected chi connectivity index (χ0v) is 18.6. The molecule has 0 saturated heterocycles. The highest BCUT2D eigenvalue weighted by molar-refractivity contribution is 6.44. The molecule has 1 aromatic carbocycles. The molecule has 3 fully saturated rings. The van der Waals surface area contributed by atoms with E-state index in [4.69, 9.17) is 4.99 Å². The van der Waals surface area contributed by atoms with E-state index in [-0.39, 0.29) is 16.7 Å². The third-order valence-electron chi connectivity index (χ3n) is 7.51. The first-order valence-electron chi connectivity index (χ1n) is 11.3. The van der Waals surface area contributed by atoms with E-state index in [1.165, 1.54) is 36.8 Å². The SMILES string of the molecule is CC(C)(C)c1ccc(C(C)(C)C)c(N=C2C(=O)C3CCCC4CCCC2C43)c1. The molecule has 0 radical (unpaired) electrons. The summed E-state index contributed by atoms with van der Waals surface area (Å²) >= 11 is 0. The minimum Gasteiger partial charge on any atom is -0.292 e. The second kappa shape index (κ2) is 6.82. The summed E-state index contributed by atoms with van der Waals surface area (Å²) in [7, 11) is 0. The number of aliphatic imine (C=N–C) groups is 1. The van der Waals surface area contributed by atoms with E-state index >= 15 is 0 Å². The number of carbonyl (C=O) groups excluding carboxylic acids is 1. The van der Waals surface area contributed by atoms with Gasteiger partial charge in [0, 0.05) is 11.8 Å². The summed E-state index contributed by atoms with van der Waals surface area (Å²) in [5, 5.41) is 0. The highest BCUT2D eigenvalue weighted by Gasteiger charge is 2.53. The summed E-state index contributed by atoms with van der Waals surface area (Å²) in [4.78, 5) is 18.6. The van der Waals surface area contributed by atoms with E-state index in [1.54, 1.807) is 0 Å². The lowest BCUT2D eigenvalue weighted by Gasteiger charge is -2.39. The predicted octanol–water partition coefficient (Wildman–Crippen LogP) is 6.77. The highest BCUT2D eigenvalue weighted by Crippen LogP contribution is 2.52. The van der Waals surface area contributed by atoms with E-state index in [0.717, 1.165) is 30.2 Å². The number of Topliss-reactive ketones (excluding diaryl/α,β-unsaturated/α-hetero) is 1. The summed E-state index contributed by atoms with van der Waals surface area (Å²) in [6.45, 7) is 13.5. The zero-order valence-electron chi connectivity index (χ0n) is 18.6. The van der Waals surface area contributed by atoms with Gasteiger partial charge >= 0.3 is 0 Å². The Kier molecular flexibility index (Phi) is 4.83. The molecule has 0 bridgehead atoms. The molecule has 0 N–H and O–H groups in total. The Morgan fingerprint density at radius 2 is 1.50 bits per heavy atom. The highest BCUT2D eigenvalue weighted by atomic mass is 16.1. The number of ketones is 1. The molecule has 0 spiro atoms. The van der Waals surface area contributed by atoms with Crippen LogP contribution in [-0.4, -0.2) is 11.5 Å². The smallest absolute Gasteiger partial charge is 0.180 e. The fraction of sp³-hybridized carbons (Fsp3) is 0.692. The molecular formula is C26H37NO. The molecule has 4 rings (SSSR count). The van der Waals surface area contributed by atoms with Gasteiger partial charge in [0.1, 0.15) is 0 Å². The van der Waals surface area contributed by atoms with E-state index in [2.05, 4.69) is 59.7 Å². The summed E-state index contributed by atoms with van der Waals surface area (Å²) in [6, 6.07) is 6.75. The van der Waals surface area contributed by atoms with Gasteiger partial charge in [-0.3, -0.25) is 4.79 Å². The van der Waals surface area contributed by atoms with Crippen molar-refractivity contribution in [3.8, 4) is 0 Å². The van der Waals surface area contributed by atoms with E-state index < -0.39 is 0 Å². The van der Waals surface area contributed by atoms with Gasteiger partial charge in [-0.1, -0.05) is 79.4 Å². The predicted molar refractivity (Wildman–Crippen MR) is 118 cm³/mol. The van der Waals surface area contributed by atoms with Crippen molar-refractivity contribution in [2.24, 2.45) is 28.7 Å². The standard InChI is InChI=1S/C26H37NO/c1-25(2,3)17-13-14-20(26(4,5)6)21(15-17)27-23-18-11-7-9-16-10-8-12-19(22(16)18)24(23)28/h13-16,18-19,22H,7-12H2,1-6H3. The van der Waals surface area contributed by atoms with E-state index in [0.29, 0.717) is 17.6 Å². The molecule has 1 aromatic rings. The molecule has 0 aliphatic heterocycles. The zero-order chi connectivity index (χ0) is 20.3. The van der Waals surface area contributed by atoms with E-state index in [9.17, 15) is 4.79 Å². The fourth-order valence-electron chi connectivity index (χ4n) is 6.04. The lowest BCUT2D eigenvalue weighted by atomic mass is 9.65. The quantitative estimate of drug-likeness (QED) is 0.529. The Balaban J connectivity index is 1.82. The molecule has 3 aliphatic carbocycles. The third kappa shape index (κ3) is 3.37. The molecule has 2 nitrogen and oxygen atoms in total. The first-order valence-corrected chi connectivity index (χ1v) is 11.3. The molecular weight excluding hydrogens is 342 g/mol. The van der Waals surface area contributed by atoms with Crippen LogP contribution in [0.2, 0.25) is 0 Å². The molecule has 3 saturated carbocycles. The van der Waals surface area contributed by atoms with Crippen LogP contribution in [-0.2, 0) is 15.6 Å². The Hall–Kier alpha value is -1.44. The molecule has 152 valence electrons. The largest absolute Gasteiger partial charge is 0.292 e. The van der Waals surface area contributed by atoms with Crippen molar-refractivity contribution in [2.75, 3.05) is 0 Å². The van der Waals surface area contributed by atoms with Gasteiger partial charge in [-0.25, -0.2) is 4.99 Å². The first-order chi connectivity index (χ1) is 13.1. The molecule has 4 unspecified atom stereocenters. The van der Waals surface area contributed by atoms with Crippen molar-refractivity contribution < 1.29 is 4.79 Å².